The molecule has 4 rings (SSSR count). The normalized spacial score (nSPS) is 11.7. The number of aromatic nitrogens is 1. The van der Waals surface area contributed by atoms with E-state index in [4.69, 9.17) is 0 Å². The van der Waals surface area contributed by atoms with Gasteiger partial charge in [0.15, 0.2) is 5.13 Å². The summed E-state index contributed by atoms with van der Waals surface area (Å²) < 4.78 is 25.7. The smallest absolute Gasteiger partial charge is 0.257 e. The SMILES string of the molecule is CN(C)S(=O)(=O)c1cccc(C(=O)Nc2nc(-c3ccc4ccccc4c3)cs2)c1. The number of amides is 1. The monoisotopic (exact) mass is 437 g/mol. The number of benzene rings is 3. The molecule has 0 unspecified atom stereocenters. The van der Waals surface area contributed by atoms with Gasteiger partial charge in [-0.15, -0.1) is 11.3 Å². The molecule has 0 aliphatic carbocycles. The number of hydrogen-bond donors (Lipinski definition) is 1. The van der Waals surface area contributed by atoms with Crippen molar-refractivity contribution < 1.29 is 13.2 Å². The van der Waals surface area contributed by atoms with Crippen LogP contribution in [0.3, 0.4) is 0 Å². The fraction of sp³-hybridized carbons (Fsp3) is 0.0909. The molecule has 0 saturated carbocycles. The fourth-order valence-corrected chi connectivity index (χ4v) is 4.65. The van der Waals surface area contributed by atoms with E-state index in [1.165, 1.54) is 37.6 Å². The van der Waals surface area contributed by atoms with Crippen LogP contribution in [0.15, 0.2) is 77.0 Å². The average molecular weight is 438 g/mol. The van der Waals surface area contributed by atoms with Crippen LogP contribution in [0.25, 0.3) is 22.0 Å². The van der Waals surface area contributed by atoms with Gasteiger partial charge >= 0.3 is 0 Å². The Kier molecular flexibility index (Phi) is 5.38. The van der Waals surface area contributed by atoms with Gasteiger partial charge in [-0.05, 0) is 35.0 Å². The standard InChI is InChI=1S/C22H19N3O3S2/c1-25(2)30(27,28)19-9-5-8-18(13-19)21(26)24-22-23-20(14-29-22)17-11-10-15-6-3-4-7-16(15)12-17/h3-14H,1-2H3,(H,23,24,26). The first-order chi connectivity index (χ1) is 14.3. The van der Waals surface area contributed by atoms with Gasteiger partial charge in [-0.3, -0.25) is 10.1 Å². The molecule has 1 N–H and O–H groups in total. The van der Waals surface area contributed by atoms with Crippen LogP contribution < -0.4 is 5.32 Å². The number of sulfonamides is 1. The second-order valence-corrected chi connectivity index (χ2v) is 9.88. The molecule has 1 heterocycles. The van der Waals surface area contributed by atoms with Crippen molar-refractivity contribution in [2.45, 2.75) is 4.90 Å². The Morgan fingerprint density at radius 2 is 1.73 bits per heavy atom. The molecule has 0 aliphatic heterocycles. The lowest BCUT2D eigenvalue weighted by atomic mass is 10.1. The molecule has 0 aliphatic rings. The molecule has 0 bridgehead atoms. The lowest BCUT2D eigenvalue weighted by molar-refractivity contribution is 0.102. The Labute approximate surface area is 178 Å². The highest BCUT2D eigenvalue weighted by atomic mass is 32.2. The molecule has 0 spiro atoms. The van der Waals surface area contributed by atoms with Crippen LogP contribution in [0.4, 0.5) is 5.13 Å². The Morgan fingerprint density at radius 3 is 2.50 bits per heavy atom. The first-order valence-corrected chi connectivity index (χ1v) is 11.5. The predicted octanol–water partition coefficient (Wildman–Crippen LogP) is 4.47. The van der Waals surface area contributed by atoms with Crippen molar-refractivity contribution >= 4 is 43.2 Å². The van der Waals surface area contributed by atoms with E-state index in [1.54, 1.807) is 12.1 Å². The van der Waals surface area contributed by atoms with Gasteiger partial charge in [-0.25, -0.2) is 17.7 Å². The lowest BCUT2D eigenvalue weighted by Gasteiger charge is -2.12. The molecule has 0 saturated heterocycles. The number of carbonyl (C=O) groups is 1. The zero-order valence-corrected chi connectivity index (χ0v) is 18.0. The highest BCUT2D eigenvalue weighted by Gasteiger charge is 2.19. The zero-order valence-electron chi connectivity index (χ0n) is 16.4. The van der Waals surface area contributed by atoms with Crippen molar-refractivity contribution in [1.29, 1.82) is 0 Å². The zero-order chi connectivity index (χ0) is 21.3. The minimum Gasteiger partial charge on any atom is -0.298 e. The highest BCUT2D eigenvalue weighted by Crippen LogP contribution is 2.28. The van der Waals surface area contributed by atoms with Crippen LogP contribution in [0, 0.1) is 0 Å². The maximum atomic E-state index is 12.6. The summed E-state index contributed by atoms with van der Waals surface area (Å²) in [7, 11) is -0.715. The number of fused-ring (bicyclic) bond motifs is 1. The van der Waals surface area contributed by atoms with Crippen molar-refractivity contribution in [2.24, 2.45) is 0 Å². The largest absolute Gasteiger partial charge is 0.298 e. The number of anilines is 1. The Morgan fingerprint density at radius 1 is 0.967 bits per heavy atom. The maximum Gasteiger partial charge on any atom is 0.257 e. The van der Waals surface area contributed by atoms with Crippen LogP contribution in [0.5, 0.6) is 0 Å². The molecule has 1 aromatic heterocycles. The third-order valence-electron chi connectivity index (χ3n) is 4.64. The molecule has 8 heteroatoms. The molecule has 0 fully saturated rings. The Bertz CT molecular complexity index is 1340. The highest BCUT2D eigenvalue weighted by molar-refractivity contribution is 7.89. The topological polar surface area (TPSA) is 79.4 Å². The van der Waals surface area contributed by atoms with Crippen LogP contribution in [-0.4, -0.2) is 37.7 Å². The number of nitrogens with zero attached hydrogens (tertiary/aromatic N) is 2. The first-order valence-electron chi connectivity index (χ1n) is 9.13. The maximum absolute atomic E-state index is 12.6. The third kappa shape index (κ3) is 3.97. The van der Waals surface area contributed by atoms with Gasteiger partial charge in [-0.1, -0.05) is 42.5 Å². The predicted molar refractivity (Wildman–Crippen MR) is 120 cm³/mol. The van der Waals surface area contributed by atoms with Gasteiger partial charge in [0.2, 0.25) is 10.0 Å². The quantitative estimate of drug-likeness (QED) is 0.500. The molecule has 0 radical (unpaired) electrons. The van der Waals surface area contributed by atoms with Crippen LogP contribution >= 0.6 is 11.3 Å². The Hall–Kier alpha value is -3.07. The second-order valence-electron chi connectivity index (χ2n) is 6.87. The minimum absolute atomic E-state index is 0.0659. The number of nitrogens with one attached hydrogen (secondary N) is 1. The fourth-order valence-electron chi connectivity index (χ4n) is 2.99. The lowest BCUT2D eigenvalue weighted by Crippen LogP contribution is -2.22. The third-order valence-corrected chi connectivity index (χ3v) is 7.21. The number of hydrogen-bond acceptors (Lipinski definition) is 5. The minimum atomic E-state index is -3.62. The molecule has 3 aromatic carbocycles. The number of rotatable bonds is 5. The van der Waals surface area contributed by atoms with Gasteiger partial charge in [0, 0.05) is 30.6 Å². The summed E-state index contributed by atoms with van der Waals surface area (Å²) >= 11 is 1.32. The van der Waals surface area contributed by atoms with Gasteiger partial charge < -0.3 is 0 Å². The van der Waals surface area contributed by atoms with Crippen molar-refractivity contribution in [3.63, 3.8) is 0 Å². The summed E-state index contributed by atoms with van der Waals surface area (Å²) in [5.74, 6) is -0.412. The second kappa shape index (κ2) is 7.98. The summed E-state index contributed by atoms with van der Waals surface area (Å²) in [6.07, 6.45) is 0. The van der Waals surface area contributed by atoms with Gasteiger partial charge in [0.05, 0.1) is 10.6 Å². The molecule has 0 atom stereocenters. The first kappa shape index (κ1) is 20.2. The van der Waals surface area contributed by atoms with E-state index in [2.05, 4.69) is 22.4 Å². The van der Waals surface area contributed by atoms with Gasteiger partial charge in [-0.2, -0.15) is 0 Å². The van der Waals surface area contributed by atoms with Crippen LogP contribution in [0.2, 0.25) is 0 Å². The van der Waals surface area contributed by atoms with E-state index in [0.717, 1.165) is 26.3 Å². The number of thiazole rings is 1. The van der Waals surface area contributed by atoms with Gasteiger partial charge in [0.25, 0.3) is 5.91 Å². The summed E-state index contributed by atoms with van der Waals surface area (Å²) in [6.45, 7) is 0. The summed E-state index contributed by atoms with van der Waals surface area (Å²) in [4.78, 5) is 17.2. The average Bonchev–Trinajstić information content (AvgIpc) is 3.21. The molecular weight excluding hydrogens is 418 g/mol. The van der Waals surface area contributed by atoms with E-state index in [9.17, 15) is 13.2 Å². The summed E-state index contributed by atoms with van der Waals surface area (Å²) in [5, 5.41) is 7.35. The van der Waals surface area contributed by atoms with Crippen molar-refractivity contribution in [1.82, 2.24) is 9.29 Å². The molecule has 30 heavy (non-hydrogen) atoms. The molecule has 1 amide bonds. The Balaban J connectivity index is 1.56. The van der Waals surface area contributed by atoms with Crippen LogP contribution in [-0.2, 0) is 10.0 Å². The van der Waals surface area contributed by atoms with E-state index < -0.39 is 15.9 Å². The van der Waals surface area contributed by atoms with E-state index >= 15 is 0 Å². The number of carbonyl (C=O) groups excluding carboxylic acids is 1. The van der Waals surface area contributed by atoms with E-state index in [0.29, 0.717) is 5.13 Å². The van der Waals surface area contributed by atoms with Crippen molar-refractivity contribution in [2.75, 3.05) is 19.4 Å². The summed E-state index contributed by atoms with van der Waals surface area (Å²) in [6, 6.07) is 20.1. The van der Waals surface area contributed by atoms with Crippen LogP contribution in [0.1, 0.15) is 10.4 Å². The van der Waals surface area contributed by atoms with Crippen molar-refractivity contribution in [3.05, 3.63) is 77.7 Å². The molecular formula is C22H19N3O3S2. The summed E-state index contributed by atoms with van der Waals surface area (Å²) in [5.41, 5.74) is 1.98. The molecule has 6 nitrogen and oxygen atoms in total. The molecule has 4 aromatic rings. The molecule has 152 valence electrons. The van der Waals surface area contributed by atoms with Crippen molar-refractivity contribution in [3.8, 4) is 11.3 Å². The van der Waals surface area contributed by atoms with E-state index in [-0.39, 0.29) is 10.5 Å². The van der Waals surface area contributed by atoms with E-state index in [1.807, 2.05) is 35.7 Å². The van der Waals surface area contributed by atoms with Gasteiger partial charge in [0.1, 0.15) is 0 Å².